The van der Waals surface area contributed by atoms with Crippen LogP contribution in [0, 0.1) is 23.2 Å². The van der Waals surface area contributed by atoms with E-state index < -0.39 is 0 Å². The Morgan fingerprint density at radius 2 is 2.00 bits per heavy atom. The topological polar surface area (TPSA) is 49.3 Å². The van der Waals surface area contributed by atoms with Crippen molar-refractivity contribution < 1.29 is 9.90 Å². The van der Waals surface area contributed by atoms with E-state index in [9.17, 15) is 9.90 Å². The minimum Gasteiger partial charge on any atom is -0.396 e. The normalized spacial score (nSPS) is 37.1. The summed E-state index contributed by atoms with van der Waals surface area (Å²) in [5.74, 6) is 2.02. The quantitative estimate of drug-likeness (QED) is 0.804. The van der Waals surface area contributed by atoms with Gasteiger partial charge in [-0.2, -0.15) is 0 Å². The van der Waals surface area contributed by atoms with E-state index in [1.165, 1.54) is 32.1 Å². The number of aliphatic hydroxyl groups excluding tert-OH is 1. The minimum atomic E-state index is -0.00667. The maximum absolute atomic E-state index is 12.3. The van der Waals surface area contributed by atoms with Gasteiger partial charge in [0.1, 0.15) is 0 Å². The number of fused-ring (bicyclic) bond motifs is 2. The molecule has 3 saturated carbocycles. The Morgan fingerprint density at radius 3 is 2.56 bits per heavy atom. The first-order valence-corrected chi connectivity index (χ1v) is 7.61. The summed E-state index contributed by atoms with van der Waals surface area (Å²) in [5, 5.41) is 12.7. The van der Waals surface area contributed by atoms with Crippen molar-refractivity contribution in [1.29, 1.82) is 0 Å². The summed E-state index contributed by atoms with van der Waals surface area (Å²) in [5.41, 5.74) is -0.00667. The zero-order valence-electron chi connectivity index (χ0n) is 11.2. The van der Waals surface area contributed by atoms with Gasteiger partial charge >= 0.3 is 0 Å². The molecule has 0 aromatic heterocycles. The highest BCUT2D eigenvalue weighted by Crippen LogP contribution is 2.48. The van der Waals surface area contributed by atoms with Crippen molar-refractivity contribution in [3.8, 4) is 0 Å². The summed E-state index contributed by atoms with van der Waals surface area (Å²) in [6.45, 7) is 0.917. The molecule has 3 atom stereocenters. The van der Waals surface area contributed by atoms with Gasteiger partial charge in [-0.15, -0.1) is 0 Å². The van der Waals surface area contributed by atoms with Gasteiger partial charge in [0.2, 0.25) is 5.91 Å². The van der Waals surface area contributed by atoms with E-state index >= 15 is 0 Å². The van der Waals surface area contributed by atoms with Gasteiger partial charge in [0.25, 0.3) is 0 Å². The second-order valence-corrected chi connectivity index (χ2v) is 6.86. The molecular weight excluding hydrogens is 226 g/mol. The predicted octanol–water partition coefficient (Wildman–Crippen LogP) is 2.09. The van der Waals surface area contributed by atoms with E-state index in [-0.39, 0.29) is 23.8 Å². The van der Waals surface area contributed by atoms with Crippen molar-refractivity contribution in [2.24, 2.45) is 23.2 Å². The summed E-state index contributed by atoms with van der Waals surface area (Å²) < 4.78 is 0. The van der Waals surface area contributed by atoms with Crippen molar-refractivity contribution in [2.75, 3.05) is 13.2 Å². The first-order chi connectivity index (χ1) is 8.72. The number of hydrogen-bond donors (Lipinski definition) is 2. The predicted molar refractivity (Wildman–Crippen MR) is 69.9 cm³/mol. The number of rotatable bonds is 4. The number of aliphatic hydroxyl groups is 1. The maximum atomic E-state index is 12.3. The Bertz CT molecular complexity index is 322. The van der Waals surface area contributed by atoms with Crippen LogP contribution in [0.2, 0.25) is 0 Å². The monoisotopic (exact) mass is 251 g/mol. The van der Waals surface area contributed by atoms with Gasteiger partial charge in [0, 0.05) is 17.9 Å². The molecule has 3 aliphatic rings. The molecule has 0 aromatic carbocycles. The van der Waals surface area contributed by atoms with Gasteiger partial charge in [-0.1, -0.05) is 19.3 Å². The fourth-order valence-electron chi connectivity index (χ4n) is 4.49. The highest BCUT2D eigenvalue weighted by atomic mass is 16.3. The lowest BCUT2D eigenvalue weighted by Gasteiger charge is -2.28. The molecule has 3 rings (SSSR count). The van der Waals surface area contributed by atoms with Crippen LogP contribution < -0.4 is 5.32 Å². The summed E-state index contributed by atoms with van der Waals surface area (Å²) in [4.78, 5) is 12.3. The van der Waals surface area contributed by atoms with Crippen LogP contribution >= 0.6 is 0 Å². The Morgan fingerprint density at radius 1 is 1.22 bits per heavy atom. The Balaban J connectivity index is 1.52. The van der Waals surface area contributed by atoms with Gasteiger partial charge in [-0.3, -0.25) is 4.79 Å². The second-order valence-electron chi connectivity index (χ2n) is 6.86. The van der Waals surface area contributed by atoms with Gasteiger partial charge < -0.3 is 10.4 Å². The van der Waals surface area contributed by atoms with Crippen LogP contribution in [0.4, 0.5) is 0 Å². The van der Waals surface area contributed by atoms with E-state index in [1.54, 1.807) is 0 Å². The fraction of sp³-hybridized carbons (Fsp3) is 0.933. The largest absolute Gasteiger partial charge is 0.396 e. The molecule has 0 radical (unpaired) electrons. The SMILES string of the molecule is O=C(NCC1(CO)CCCC1)C1CC2CCC1C2. The van der Waals surface area contributed by atoms with E-state index in [4.69, 9.17) is 0 Å². The Hall–Kier alpha value is -0.570. The van der Waals surface area contributed by atoms with Crippen molar-refractivity contribution in [3.63, 3.8) is 0 Å². The third-order valence-corrected chi connectivity index (χ3v) is 5.71. The minimum absolute atomic E-state index is 0.00667. The van der Waals surface area contributed by atoms with Crippen LogP contribution in [0.1, 0.15) is 51.4 Å². The smallest absolute Gasteiger partial charge is 0.223 e. The second kappa shape index (κ2) is 4.84. The average molecular weight is 251 g/mol. The average Bonchev–Trinajstić information content (AvgIpc) is 3.12. The molecule has 2 N–H and O–H groups in total. The Kier molecular flexibility index (Phi) is 3.35. The van der Waals surface area contributed by atoms with E-state index in [1.807, 2.05) is 0 Å². The Labute approximate surface area is 109 Å². The van der Waals surface area contributed by atoms with Gasteiger partial charge in [0.15, 0.2) is 0 Å². The third-order valence-electron chi connectivity index (χ3n) is 5.71. The van der Waals surface area contributed by atoms with Crippen molar-refractivity contribution in [3.05, 3.63) is 0 Å². The highest BCUT2D eigenvalue weighted by Gasteiger charge is 2.43. The van der Waals surface area contributed by atoms with Crippen molar-refractivity contribution >= 4 is 5.91 Å². The number of hydrogen-bond acceptors (Lipinski definition) is 2. The summed E-state index contributed by atoms with van der Waals surface area (Å²) >= 11 is 0. The summed E-state index contributed by atoms with van der Waals surface area (Å²) in [6.07, 6.45) is 9.53. The molecule has 3 nitrogen and oxygen atoms in total. The van der Waals surface area contributed by atoms with E-state index in [2.05, 4.69) is 5.32 Å². The van der Waals surface area contributed by atoms with Crippen LogP contribution in [-0.2, 0) is 4.79 Å². The van der Waals surface area contributed by atoms with Crippen molar-refractivity contribution in [1.82, 2.24) is 5.32 Å². The molecule has 3 fully saturated rings. The molecule has 0 aromatic rings. The molecule has 3 unspecified atom stereocenters. The lowest BCUT2D eigenvalue weighted by Crippen LogP contribution is -2.42. The lowest BCUT2D eigenvalue weighted by molar-refractivity contribution is -0.127. The first kappa shape index (κ1) is 12.5. The number of amides is 1. The van der Waals surface area contributed by atoms with Crippen LogP contribution in [0.25, 0.3) is 0 Å². The standard InChI is InChI=1S/C15H25NO2/c17-10-15(5-1-2-6-15)9-16-14(18)13-8-11-3-4-12(13)7-11/h11-13,17H,1-10H2,(H,16,18). The molecule has 0 saturated heterocycles. The van der Waals surface area contributed by atoms with Crippen molar-refractivity contribution in [2.45, 2.75) is 51.4 Å². The van der Waals surface area contributed by atoms with Gasteiger partial charge in [-0.25, -0.2) is 0 Å². The van der Waals surface area contributed by atoms with Gasteiger partial charge in [-0.05, 0) is 43.9 Å². The molecule has 0 aliphatic heterocycles. The zero-order valence-corrected chi connectivity index (χ0v) is 11.2. The molecule has 18 heavy (non-hydrogen) atoms. The molecular formula is C15H25NO2. The molecule has 102 valence electrons. The highest BCUT2D eigenvalue weighted by molar-refractivity contribution is 5.79. The lowest BCUT2D eigenvalue weighted by atomic mass is 9.85. The number of carbonyl (C=O) groups excluding carboxylic acids is 1. The first-order valence-electron chi connectivity index (χ1n) is 7.61. The molecule has 3 aliphatic carbocycles. The molecule has 2 bridgehead atoms. The zero-order chi connectivity index (χ0) is 12.6. The molecule has 0 heterocycles. The summed E-state index contributed by atoms with van der Waals surface area (Å²) in [7, 11) is 0. The molecule has 3 heteroatoms. The van der Waals surface area contributed by atoms with Crippen LogP contribution in [-0.4, -0.2) is 24.2 Å². The summed E-state index contributed by atoms with van der Waals surface area (Å²) in [6, 6.07) is 0. The molecule has 0 spiro atoms. The van der Waals surface area contributed by atoms with Crippen LogP contribution in [0.3, 0.4) is 0 Å². The van der Waals surface area contributed by atoms with Gasteiger partial charge in [0.05, 0.1) is 6.61 Å². The van der Waals surface area contributed by atoms with Crippen LogP contribution in [0.5, 0.6) is 0 Å². The van der Waals surface area contributed by atoms with E-state index in [0.717, 1.165) is 25.2 Å². The fourth-order valence-corrected chi connectivity index (χ4v) is 4.49. The molecule has 1 amide bonds. The van der Waals surface area contributed by atoms with Crippen LogP contribution in [0.15, 0.2) is 0 Å². The van der Waals surface area contributed by atoms with E-state index in [0.29, 0.717) is 12.5 Å². The number of carbonyl (C=O) groups is 1. The maximum Gasteiger partial charge on any atom is 0.223 e. The third kappa shape index (κ3) is 2.18. The number of nitrogens with one attached hydrogen (secondary N) is 1.